The Balaban J connectivity index is 2.11. The first kappa shape index (κ1) is 10.0. The van der Waals surface area contributed by atoms with Crippen LogP contribution >= 0.6 is 12.2 Å². The van der Waals surface area contributed by atoms with Crippen LogP contribution in [0.1, 0.15) is 12.8 Å². The molecule has 0 spiro atoms. The highest BCUT2D eigenvalue weighted by Gasteiger charge is 2.18. The van der Waals surface area contributed by atoms with Gasteiger partial charge in [0.05, 0.1) is 0 Å². The Hall–Kier alpha value is -1.96. The molecule has 0 bridgehead atoms. The maximum absolute atomic E-state index is 5.21. The number of anilines is 1. The Kier molecular flexibility index (Phi) is 1.95. The molecule has 0 aromatic carbocycles. The fourth-order valence-corrected chi connectivity index (χ4v) is 2.72. The molecule has 7 nitrogen and oxygen atoms in total. The molecule has 4 rings (SSSR count). The van der Waals surface area contributed by atoms with Gasteiger partial charge in [-0.2, -0.15) is 19.7 Å². The molecule has 0 unspecified atom stereocenters. The number of hydrogen-bond acceptors (Lipinski definition) is 5. The van der Waals surface area contributed by atoms with Gasteiger partial charge in [-0.3, -0.25) is 5.10 Å². The van der Waals surface area contributed by atoms with Gasteiger partial charge in [-0.05, 0) is 25.1 Å². The van der Waals surface area contributed by atoms with Crippen LogP contribution in [0.15, 0.2) is 12.4 Å². The summed E-state index contributed by atoms with van der Waals surface area (Å²) in [5, 5.41) is 11.3. The van der Waals surface area contributed by atoms with Crippen LogP contribution in [0, 0.1) is 4.77 Å². The third kappa shape index (κ3) is 1.23. The van der Waals surface area contributed by atoms with E-state index in [-0.39, 0.29) is 0 Å². The second-order valence-electron chi connectivity index (χ2n) is 4.39. The van der Waals surface area contributed by atoms with Gasteiger partial charge in [0.2, 0.25) is 10.5 Å². The molecular formula is C10H11N7S. The first-order valence-electron chi connectivity index (χ1n) is 5.89. The Morgan fingerprint density at radius 1 is 1.28 bits per heavy atom. The van der Waals surface area contributed by atoms with Crippen molar-refractivity contribution in [2.45, 2.75) is 12.8 Å². The van der Waals surface area contributed by atoms with Crippen molar-refractivity contribution < 1.29 is 0 Å². The van der Waals surface area contributed by atoms with Crippen molar-refractivity contribution in [3.63, 3.8) is 0 Å². The molecule has 1 aliphatic rings. The summed E-state index contributed by atoms with van der Waals surface area (Å²) in [6, 6.07) is 2.00. The Morgan fingerprint density at radius 3 is 2.94 bits per heavy atom. The quantitative estimate of drug-likeness (QED) is 0.663. The molecule has 1 aliphatic heterocycles. The van der Waals surface area contributed by atoms with E-state index in [1.54, 1.807) is 10.7 Å². The molecule has 92 valence electrons. The number of rotatable bonds is 1. The predicted molar refractivity (Wildman–Crippen MR) is 68.4 cm³/mol. The Labute approximate surface area is 107 Å². The zero-order valence-electron chi connectivity index (χ0n) is 9.57. The molecule has 18 heavy (non-hydrogen) atoms. The van der Waals surface area contributed by atoms with Crippen LogP contribution in [0.25, 0.3) is 11.4 Å². The second kappa shape index (κ2) is 3.52. The van der Waals surface area contributed by atoms with Gasteiger partial charge < -0.3 is 4.90 Å². The van der Waals surface area contributed by atoms with Gasteiger partial charge in [-0.1, -0.05) is 0 Å². The molecule has 1 N–H and O–H groups in total. The highest BCUT2D eigenvalue weighted by atomic mass is 32.1. The van der Waals surface area contributed by atoms with Crippen molar-refractivity contribution in [2.75, 3.05) is 18.0 Å². The standard InChI is InChI=1S/C10H11N7S/c18-10-14-13-7-5-8(15-3-1-2-4-15)17-9(16(7)10)11-6-12-17/h5-6H,1-4H2,(H,14,18). The predicted octanol–water partition coefficient (Wildman–Crippen LogP) is 1.03. The summed E-state index contributed by atoms with van der Waals surface area (Å²) in [6.07, 6.45) is 3.98. The SMILES string of the molecule is S=c1[nH]nc2cc(N3CCCC3)n3ncnc3n12. The van der Waals surface area contributed by atoms with Crippen LogP contribution in [-0.2, 0) is 0 Å². The summed E-state index contributed by atoms with van der Waals surface area (Å²) in [5.41, 5.74) is 0.780. The van der Waals surface area contributed by atoms with E-state index in [2.05, 4.69) is 25.2 Å². The smallest absolute Gasteiger partial charge is 0.242 e. The molecule has 0 amide bonds. The zero-order chi connectivity index (χ0) is 12.1. The average Bonchev–Trinajstić information content (AvgIpc) is 3.06. The largest absolute Gasteiger partial charge is 0.356 e. The summed E-state index contributed by atoms with van der Waals surface area (Å²) in [6.45, 7) is 2.10. The number of aromatic nitrogens is 6. The minimum Gasteiger partial charge on any atom is -0.356 e. The maximum atomic E-state index is 5.21. The highest BCUT2D eigenvalue weighted by Crippen LogP contribution is 2.22. The number of H-pyrrole nitrogens is 1. The average molecular weight is 261 g/mol. The van der Waals surface area contributed by atoms with Crippen molar-refractivity contribution in [3.05, 3.63) is 17.2 Å². The summed E-state index contributed by atoms with van der Waals surface area (Å²) in [5.74, 6) is 1.73. The highest BCUT2D eigenvalue weighted by molar-refractivity contribution is 7.71. The fraction of sp³-hybridized carbons (Fsp3) is 0.400. The van der Waals surface area contributed by atoms with Crippen LogP contribution in [0.5, 0.6) is 0 Å². The molecular weight excluding hydrogens is 250 g/mol. The van der Waals surface area contributed by atoms with Crippen molar-refractivity contribution in [1.29, 1.82) is 0 Å². The lowest BCUT2D eigenvalue weighted by atomic mass is 10.4. The van der Waals surface area contributed by atoms with E-state index in [4.69, 9.17) is 12.2 Å². The number of hydrogen-bond donors (Lipinski definition) is 1. The Bertz CT molecular complexity index is 776. The summed E-state index contributed by atoms with van der Waals surface area (Å²) >= 11 is 5.21. The first-order chi connectivity index (χ1) is 8.84. The molecule has 1 fully saturated rings. The second-order valence-corrected chi connectivity index (χ2v) is 4.78. The van der Waals surface area contributed by atoms with Gasteiger partial charge in [0.1, 0.15) is 12.1 Å². The lowest BCUT2D eigenvalue weighted by Crippen LogP contribution is -2.21. The monoisotopic (exact) mass is 261 g/mol. The molecule has 0 radical (unpaired) electrons. The van der Waals surface area contributed by atoms with Crippen molar-refractivity contribution in [1.82, 2.24) is 29.2 Å². The van der Waals surface area contributed by atoms with Crippen LogP contribution in [0.2, 0.25) is 0 Å². The molecule has 4 heterocycles. The van der Waals surface area contributed by atoms with Gasteiger partial charge >= 0.3 is 0 Å². The van der Waals surface area contributed by atoms with Gasteiger partial charge in [0.25, 0.3) is 0 Å². The van der Waals surface area contributed by atoms with E-state index in [1.807, 2.05) is 10.6 Å². The number of nitrogens with one attached hydrogen (secondary N) is 1. The summed E-state index contributed by atoms with van der Waals surface area (Å²) < 4.78 is 4.15. The molecule has 8 heteroatoms. The van der Waals surface area contributed by atoms with E-state index in [0.717, 1.165) is 24.6 Å². The molecule has 3 aromatic rings. The van der Waals surface area contributed by atoms with Gasteiger partial charge in [-0.15, -0.1) is 0 Å². The minimum atomic E-state index is 0.538. The third-order valence-electron chi connectivity index (χ3n) is 3.33. The number of nitrogens with zero attached hydrogens (tertiary/aromatic N) is 6. The first-order valence-corrected chi connectivity index (χ1v) is 6.30. The van der Waals surface area contributed by atoms with Crippen molar-refractivity contribution >= 4 is 29.5 Å². The zero-order valence-corrected chi connectivity index (χ0v) is 10.4. The van der Waals surface area contributed by atoms with Crippen molar-refractivity contribution in [3.8, 4) is 0 Å². The van der Waals surface area contributed by atoms with E-state index in [0.29, 0.717) is 10.5 Å². The normalized spacial score (nSPS) is 16.1. The third-order valence-corrected chi connectivity index (χ3v) is 3.61. The number of aromatic amines is 1. The van der Waals surface area contributed by atoms with Gasteiger partial charge in [0, 0.05) is 19.2 Å². The van der Waals surface area contributed by atoms with E-state index < -0.39 is 0 Å². The lowest BCUT2D eigenvalue weighted by Gasteiger charge is -2.18. The maximum Gasteiger partial charge on any atom is 0.242 e. The van der Waals surface area contributed by atoms with Crippen LogP contribution < -0.4 is 4.90 Å². The molecule has 0 aliphatic carbocycles. The fourth-order valence-electron chi connectivity index (χ4n) is 2.50. The van der Waals surface area contributed by atoms with E-state index in [9.17, 15) is 0 Å². The molecule has 0 saturated carbocycles. The summed E-state index contributed by atoms with van der Waals surface area (Å²) in [7, 11) is 0. The van der Waals surface area contributed by atoms with E-state index >= 15 is 0 Å². The minimum absolute atomic E-state index is 0.538. The van der Waals surface area contributed by atoms with Crippen LogP contribution in [-0.4, -0.2) is 42.3 Å². The van der Waals surface area contributed by atoms with Gasteiger partial charge in [-0.25, -0.2) is 4.40 Å². The van der Waals surface area contributed by atoms with Crippen molar-refractivity contribution in [2.24, 2.45) is 0 Å². The van der Waals surface area contributed by atoms with E-state index in [1.165, 1.54) is 12.8 Å². The molecule has 3 aromatic heterocycles. The lowest BCUT2D eigenvalue weighted by molar-refractivity contribution is 0.845. The number of fused-ring (bicyclic) bond motifs is 3. The van der Waals surface area contributed by atoms with Crippen LogP contribution in [0.4, 0.5) is 5.82 Å². The van der Waals surface area contributed by atoms with Gasteiger partial charge in [0.15, 0.2) is 5.65 Å². The van der Waals surface area contributed by atoms with Crippen LogP contribution in [0.3, 0.4) is 0 Å². The summed E-state index contributed by atoms with van der Waals surface area (Å²) in [4.78, 5) is 6.58. The topological polar surface area (TPSA) is 66.5 Å². The molecule has 1 saturated heterocycles. The molecule has 0 atom stereocenters. The Morgan fingerprint density at radius 2 is 2.11 bits per heavy atom.